The third-order valence-electron chi connectivity index (χ3n) is 3.45. The van der Waals surface area contributed by atoms with Crippen molar-refractivity contribution < 1.29 is 9.18 Å². The van der Waals surface area contributed by atoms with Gasteiger partial charge in [-0.2, -0.15) is 0 Å². The summed E-state index contributed by atoms with van der Waals surface area (Å²) in [4.78, 5) is 12.9. The number of amides is 1. The summed E-state index contributed by atoms with van der Waals surface area (Å²) in [5.74, 6) is 0.536. The Bertz CT molecular complexity index is 494. The molecule has 0 aromatic heterocycles. The highest BCUT2D eigenvalue weighted by Crippen LogP contribution is 2.63. The van der Waals surface area contributed by atoms with Crippen molar-refractivity contribution in [3.8, 4) is 0 Å². The largest absolute Gasteiger partial charge is 0.356 e. The van der Waals surface area contributed by atoms with Gasteiger partial charge in [-0.25, -0.2) is 4.39 Å². The highest BCUT2D eigenvalue weighted by atomic mass is 35.5. The number of hydrogen-bond donors (Lipinski definition) is 1. The molecule has 0 heterocycles. The third-order valence-corrected chi connectivity index (χ3v) is 5.65. The molecule has 1 atom stereocenters. The van der Waals surface area contributed by atoms with Gasteiger partial charge in [0, 0.05) is 11.4 Å². The smallest absolute Gasteiger partial charge is 0.229 e. The first-order valence-electron chi connectivity index (χ1n) is 6.40. The fourth-order valence-corrected chi connectivity index (χ4v) is 3.40. The zero-order valence-corrected chi connectivity index (χ0v) is 13.4. The highest BCUT2D eigenvalue weighted by Gasteiger charge is 2.67. The standard InChI is InChI=1S/C14H16Cl2FNOS/c1-13(9-14(13,15)16)12(19)18-7-2-8-20-11-5-3-10(17)4-6-11/h3-6H,2,7-9H2,1H3,(H,18,19). The van der Waals surface area contributed by atoms with Crippen molar-refractivity contribution in [1.29, 1.82) is 0 Å². The van der Waals surface area contributed by atoms with Crippen LogP contribution in [0.5, 0.6) is 0 Å². The van der Waals surface area contributed by atoms with Crippen LogP contribution in [0.2, 0.25) is 0 Å². The van der Waals surface area contributed by atoms with Crippen molar-refractivity contribution in [2.45, 2.75) is 29.0 Å². The number of carbonyl (C=O) groups excluding carboxylic acids is 1. The molecule has 0 bridgehead atoms. The summed E-state index contributed by atoms with van der Waals surface area (Å²) in [6, 6.07) is 6.38. The second-order valence-corrected chi connectivity index (χ2v) is 7.78. The van der Waals surface area contributed by atoms with Crippen LogP contribution in [0.1, 0.15) is 19.8 Å². The summed E-state index contributed by atoms with van der Waals surface area (Å²) >= 11 is 13.5. The van der Waals surface area contributed by atoms with Crippen LogP contribution in [0.15, 0.2) is 29.2 Å². The van der Waals surface area contributed by atoms with Crippen molar-refractivity contribution in [2.24, 2.45) is 5.41 Å². The minimum Gasteiger partial charge on any atom is -0.356 e. The summed E-state index contributed by atoms with van der Waals surface area (Å²) in [5.41, 5.74) is -0.653. The van der Waals surface area contributed by atoms with E-state index >= 15 is 0 Å². The van der Waals surface area contributed by atoms with Gasteiger partial charge in [0.05, 0.1) is 5.41 Å². The van der Waals surface area contributed by atoms with Gasteiger partial charge in [0.15, 0.2) is 0 Å². The van der Waals surface area contributed by atoms with Gasteiger partial charge in [-0.3, -0.25) is 4.79 Å². The minimum absolute atomic E-state index is 0.0886. The molecular weight excluding hydrogens is 320 g/mol. The molecule has 1 aromatic rings. The molecule has 0 radical (unpaired) electrons. The quantitative estimate of drug-likeness (QED) is 0.483. The van der Waals surface area contributed by atoms with Crippen molar-refractivity contribution >= 4 is 40.9 Å². The molecule has 1 aromatic carbocycles. The van der Waals surface area contributed by atoms with E-state index in [9.17, 15) is 9.18 Å². The van der Waals surface area contributed by atoms with Gasteiger partial charge in [0.1, 0.15) is 10.2 Å². The molecule has 1 amide bonds. The SMILES string of the molecule is CC1(C(=O)NCCCSc2ccc(F)cc2)CC1(Cl)Cl. The van der Waals surface area contributed by atoms with E-state index in [-0.39, 0.29) is 11.7 Å². The zero-order valence-electron chi connectivity index (χ0n) is 11.1. The van der Waals surface area contributed by atoms with Gasteiger partial charge in [0.2, 0.25) is 5.91 Å². The van der Waals surface area contributed by atoms with Crippen LogP contribution >= 0.6 is 35.0 Å². The summed E-state index contributed by atoms with van der Waals surface area (Å²) in [7, 11) is 0. The van der Waals surface area contributed by atoms with Crippen LogP contribution < -0.4 is 5.32 Å². The van der Waals surface area contributed by atoms with Gasteiger partial charge < -0.3 is 5.32 Å². The molecule has 0 aliphatic heterocycles. The number of benzene rings is 1. The van der Waals surface area contributed by atoms with Crippen LogP contribution in [0.3, 0.4) is 0 Å². The maximum Gasteiger partial charge on any atom is 0.229 e. The predicted molar refractivity (Wildman–Crippen MR) is 81.9 cm³/mol. The lowest BCUT2D eigenvalue weighted by molar-refractivity contribution is -0.125. The van der Waals surface area contributed by atoms with Gasteiger partial charge in [-0.05, 0) is 49.8 Å². The summed E-state index contributed by atoms with van der Waals surface area (Å²) in [5, 5.41) is 2.85. The highest BCUT2D eigenvalue weighted by molar-refractivity contribution is 7.99. The van der Waals surface area contributed by atoms with Crippen molar-refractivity contribution in [2.75, 3.05) is 12.3 Å². The minimum atomic E-state index is -0.917. The number of halogens is 3. The second-order valence-electron chi connectivity index (χ2n) is 5.13. The molecule has 2 rings (SSSR count). The van der Waals surface area contributed by atoms with E-state index < -0.39 is 9.75 Å². The average Bonchev–Trinajstić information content (AvgIpc) is 2.91. The Morgan fingerprint density at radius 1 is 1.40 bits per heavy atom. The molecule has 1 aliphatic rings. The molecule has 20 heavy (non-hydrogen) atoms. The Labute approximate surface area is 132 Å². The summed E-state index contributed by atoms with van der Waals surface area (Å²) in [6.07, 6.45) is 1.33. The van der Waals surface area contributed by atoms with Gasteiger partial charge in [-0.1, -0.05) is 0 Å². The first kappa shape index (κ1) is 15.9. The fraction of sp³-hybridized carbons (Fsp3) is 0.500. The topological polar surface area (TPSA) is 29.1 Å². The summed E-state index contributed by atoms with van der Waals surface area (Å²) in [6.45, 7) is 2.36. The Morgan fingerprint density at radius 3 is 2.55 bits per heavy atom. The number of alkyl halides is 2. The van der Waals surface area contributed by atoms with E-state index in [4.69, 9.17) is 23.2 Å². The number of nitrogens with one attached hydrogen (secondary N) is 1. The molecule has 0 spiro atoms. The number of rotatable bonds is 6. The van der Waals surface area contributed by atoms with Crippen molar-refractivity contribution in [3.05, 3.63) is 30.1 Å². The fourth-order valence-electron chi connectivity index (χ4n) is 1.84. The first-order valence-corrected chi connectivity index (χ1v) is 8.14. The van der Waals surface area contributed by atoms with Crippen LogP contribution in [0, 0.1) is 11.2 Å². The monoisotopic (exact) mass is 335 g/mol. The molecule has 1 saturated carbocycles. The molecule has 2 nitrogen and oxygen atoms in total. The van der Waals surface area contributed by atoms with E-state index in [1.54, 1.807) is 30.8 Å². The molecule has 0 saturated heterocycles. The van der Waals surface area contributed by atoms with E-state index in [0.29, 0.717) is 13.0 Å². The van der Waals surface area contributed by atoms with Gasteiger partial charge in [0.25, 0.3) is 0 Å². The zero-order chi connectivity index (χ0) is 14.8. The van der Waals surface area contributed by atoms with Crippen LogP contribution in [-0.4, -0.2) is 22.5 Å². The molecule has 110 valence electrons. The lowest BCUT2D eigenvalue weighted by Crippen LogP contribution is -2.34. The lowest BCUT2D eigenvalue weighted by Gasteiger charge is -2.12. The number of thioether (sulfide) groups is 1. The Balaban J connectivity index is 1.63. The lowest BCUT2D eigenvalue weighted by atomic mass is 10.1. The normalized spacial score (nSPS) is 23.4. The third kappa shape index (κ3) is 3.60. The van der Waals surface area contributed by atoms with Crippen molar-refractivity contribution in [1.82, 2.24) is 5.32 Å². The molecule has 1 fully saturated rings. The van der Waals surface area contributed by atoms with Crippen LogP contribution in [0.4, 0.5) is 4.39 Å². The van der Waals surface area contributed by atoms with E-state index in [1.165, 1.54) is 12.1 Å². The predicted octanol–water partition coefficient (Wildman–Crippen LogP) is 4.01. The molecule has 1 aliphatic carbocycles. The maximum absolute atomic E-state index is 12.7. The molecule has 6 heteroatoms. The Kier molecular flexibility index (Phi) is 4.88. The van der Waals surface area contributed by atoms with E-state index in [0.717, 1.165) is 17.1 Å². The summed E-state index contributed by atoms with van der Waals surface area (Å²) < 4.78 is 11.8. The second kappa shape index (κ2) is 6.12. The first-order chi connectivity index (χ1) is 9.35. The van der Waals surface area contributed by atoms with Gasteiger partial charge >= 0.3 is 0 Å². The van der Waals surface area contributed by atoms with Crippen LogP contribution in [-0.2, 0) is 4.79 Å². The maximum atomic E-state index is 12.7. The van der Waals surface area contributed by atoms with Crippen LogP contribution in [0.25, 0.3) is 0 Å². The Hall–Kier alpha value is -0.450. The molecule has 1 N–H and O–H groups in total. The molecule has 1 unspecified atom stereocenters. The molecular formula is C14H16Cl2FNOS. The number of carbonyl (C=O) groups is 1. The average molecular weight is 336 g/mol. The Morgan fingerprint density at radius 2 is 2.00 bits per heavy atom. The van der Waals surface area contributed by atoms with E-state index in [2.05, 4.69) is 5.32 Å². The number of hydrogen-bond acceptors (Lipinski definition) is 2. The van der Waals surface area contributed by atoms with Crippen molar-refractivity contribution in [3.63, 3.8) is 0 Å². The van der Waals surface area contributed by atoms with E-state index in [1.807, 2.05) is 0 Å². The van der Waals surface area contributed by atoms with Gasteiger partial charge in [-0.15, -0.1) is 35.0 Å².